The van der Waals surface area contributed by atoms with Crippen molar-refractivity contribution in [3.63, 3.8) is 0 Å². The number of rotatable bonds is 6. The summed E-state index contributed by atoms with van der Waals surface area (Å²) in [4.78, 5) is 40.8. The number of nitro groups is 1. The summed E-state index contributed by atoms with van der Waals surface area (Å²) in [7, 11) is 0. The van der Waals surface area contributed by atoms with E-state index < -0.39 is 0 Å². The molecule has 5 rings (SSSR count). The van der Waals surface area contributed by atoms with E-state index >= 15 is 0 Å². The first-order chi connectivity index (χ1) is 18.2. The zero-order valence-electron chi connectivity index (χ0n) is 20.8. The van der Waals surface area contributed by atoms with Gasteiger partial charge >= 0.3 is 0 Å². The molecule has 0 aliphatic carbocycles. The molecular weight excluding hydrogens is 528 g/mol. The van der Waals surface area contributed by atoms with E-state index in [9.17, 15) is 19.7 Å². The number of ether oxygens (including phenoxy) is 1. The van der Waals surface area contributed by atoms with Crippen molar-refractivity contribution in [2.24, 2.45) is 0 Å². The summed E-state index contributed by atoms with van der Waals surface area (Å²) in [6.07, 6.45) is 1.71. The number of thioether (sulfide) groups is 1. The minimum absolute atomic E-state index is 0.0283. The van der Waals surface area contributed by atoms with E-state index in [1.54, 1.807) is 36.4 Å². The number of hydrogen-bond acceptors (Lipinski definition) is 7. The third-order valence-electron chi connectivity index (χ3n) is 6.63. The molecule has 0 spiro atoms. The predicted molar refractivity (Wildman–Crippen MR) is 148 cm³/mol. The Morgan fingerprint density at radius 1 is 1.11 bits per heavy atom. The molecule has 196 valence electrons. The number of hydrogen-bond donors (Lipinski definition) is 0. The Morgan fingerprint density at radius 3 is 2.58 bits per heavy atom. The van der Waals surface area contributed by atoms with Crippen LogP contribution in [-0.2, 0) is 16.1 Å². The zero-order chi connectivity index (χ0) is 27.0. The van der Waals surface area contributed by atoms with Gasteiger partial charge in [0, 0.05) is 35.6 Å². The number of nitrogens with zero attached hydrogens (tertiary/aromatic N) is 4. The van der Waals surface area contributed by atoms with Gasteiger partial charge in [-0.05, 0) is 73.1 Å². The van der Waals surface area contributed by atoms with E-state index in [2.05, 4.69) is 0 Å². The van der Waals surface area contributed by atoms with Gasteiger partial charge < -0.3 is 14.2 Å². The van der Waals surface area contributed by atoms with Crippen molar-refractivity contribution >= 4 is 52.0 Å². The summed E-state index contributed by atoms with van der Waals surface area (Å²) in [6, 6.07) is 14.2. The second-order valence-corrected chi connectivity index (χ2v) is 10.5. The SMILES string of the molecule is Cc1cc(/C=C2\SC(=O)N(Cc3cccc(Cl)c3)C2=O)c(C)n1-c1ccc(N2CCOCC2)c([N+](=O)[O-])c1. The maximum atomic E-state index is 13.1. The lowest BCUT2D eigenvalue weighted by atomic mass is 10.2. The summed E-state index contributed by atoms with van der Waals surface area (Å²) in [5.41, 5.74) is 4.42. The average molecular weight is 553 g/mol. The Morgan fingerprint density at radius 2 is 1.87 bits per heavy atom. The van der Waals surface area contributed by atoms with Gasteiger partial charge in [-0.3, -0.25) is 24.6 Å². The summed E-state index contributed by atoms with van der Waals surface area (Å²) in [5.74, 6) is -0.365. The molecule has 2 saturated heterocycles. The van der Waals surface area contributed by atoms with E-state index in [4.69, 9.17) is 16.3 Å². The van der Waals surface area contributed by atoms with Crippen LogP contribution in [-0.4, -0.2) is 51.8 Å². The van der Waals surface area contributed by atoms with Crippen LogP contribution in [0.5, 0.6) is 0 Å². The first-order valence-corrected chi connectivity index (χ1v) is 13.2. The van der Waals surface area contributed by atoms with Crippen LogP contribution < -0.4 is 4.90 Å². The highest BCUT2D eigenvalue weighted by atomic mass is 35.5. The molecular formula is C27H25ClN4O5S. The van der Waals surface area contributed by atoms with Crippen LogP contribution in [0.25, 0.3) is 11.8 Å². The summed E-state index contributed by atoms with van der Waals surface area (Å²) in [5, 5.41) is 12.1. The third-order valence-corrected chi connectivity index (χ3v) is 7.77. The molecule has 0 bridgehead atoms. The van der Waals surface area contributed by atoms with Gasteiger partial charge in [0.25, 0.3) is 16.8 Å². The summed E-state index contributed by atoms with van der Waals surface area (Å²) in [6.45, 7) is 6.18. The molecule has 3 aromatic rings. The van der Waals surface area contributed by atoms with E-state index in [1.165, 1.54) is 4.90 Å². The molecule has 2 aromatic carbocycles. The molecule has 3 heterocycles. The van der Waals surface area contributed by atoms with E-state index in [0.717, 1.165) is 34.3 Å². The van der Waals surface area contributed by atoms with Crippen molar-refractivity contribution in [3.05, 3.63) is 91.1 Å². The molecule has 0 atom stereocenters. The molecule has 0 unspecified atom stereocenters. The van der Waals surface area contributed by atoms with Crippen LogP contribution in [0.3, 0.4) is 0 Å². The smallest absolute Gasteiger partial charge is 0.294 e. The van der Waals surface area contributed by atoms with E-state index in [1.807, 2.05) is 41.5 Å². The predicted octanol–water partition coefficient (Wildman–Crippen LogP) is 5.73. The Hall–Kier alpha value is -3.60. The van der Waals surface area contributed by atoms with Crippen molar-refractivity contribution in [1.82, 2.24) is 9.47 Å². The van der Waals surface area contributed by atoms with Crippen molar-refractivity contribution in [2.45, 2.75) is 20.4 Å². The molecule has 1 aromatic heterocycles. The minimum Gasteiger partial charge on any atom is -0.378 e. The molecule has 0 saturated carbocycles. The quantitative estimate of drug-likeness (QED) is 0.219. The Kier molecular flexibility index (Phi) is 7.29. The van der Waals surface area contributed by atoms with Crippen LogP contribution >= 0.6 is 23.4 Å². The number of amides is 2. The standard InChI is InChI=1S/C27H25ClN4O5S/c1-17-12-20(14-25-26(33)30(27(34)38-25)16-19-4-3-5-21(28)13-19)18(2)31(17)22-6-7-23(24(15-22)32(35)36)29-8-10-37-11-9-29/h3-7,12-15H,8-11,16H2,1-2H3/b25-14-. The molecule has 0 radical (unpaired) electrons. The normalized spacial score (nSPS) is 17.1. The molecule has 0 N–H and O–H groups in total. The topological polar surface area (TPSA) is 97.9 Å². The van der Waals surface area contributed by atoms with Crippen molar-refractivity contribution < 1.29 is 19.2 Å². The lowest BCUT2D eigenvalue weighted by Crippen LogP contribution is -2.36. The molecule has 2 amide bonds. The van der Waals surface area contributed by atoms with E-state index in [-0.39, 0.29) is 28.3 Å². The highest BCUT2D eigenvalue weighted by Gasteiger charge is 2.35. The molecule has 2 fully saturated rings. The summed E-state index contributed by atoms with van der Waals surface area (Å²) >= 11 is 6.94. The molecule has 9 nitrogen and oxygen atoms in total. The number of anilines is 1. The largest absolute Gasteiger partial charge is 0.378 e. The first-order valence-electron chi connectivity index (χ1n) is 12.0. The number of carbonyl (C=O) groups excluding carboxylic acids is 2. The zero-order valence-corrected chi connectivity index (χ0v) is 22.4. The number of aryl methyl sites for hydroxylation is 1. The molecule has 2 aliphatic rings. The lowest BCUT2D eigenvalue weighted by molar-refractivity contribution is -0.384. The number of morpholine rings is 1. The number of halogens is 1. The maximum absolute atomic E-state index is 13.1. The fraction of sp³-hybridized carbons (Fsp3) is 0.259. The number of imide groups is 1. The monoisotopic (exact) mass is 552 g/mol. The van der Waals surface area contributed by atoms with Crippen molar-refractivity contribution in [1.29, 1.82) is 0 Å². The van der Waals surface area contributed by atoms with Crippen molar-refractivity contribution in [2.75, 3.05) is 31.2 Å². The van der Waals surface area contributed by atoms with Gasteiger partial charge in [0.1, 0.15) is 5.69 Å². The second-order valence-electron chi connectivity index (χ2n) is 9.09. The Labute approximate surface area is 228 Å². The first kappa shape index (κ1) is 26.0. The molecule has 38 heavy (non-hydrogen) atoms. The number of benzene rings is 2. The number of aromatic nitrogens is 1. The van der Waals surface area contributed by atoms with Crippen LogP contribution in [0.2, 0.25) is 5.02 Å². The van der Waals surface area contributed by atoms with E-state index in [0.29, 0.717) is 47.6 Å². The van der Waals surface area contributed by atoms with Gasteiger partial charge in [0.2, 0.25) is 0 Å². The van der Waals surface area contributed by atoms with Gasteiger partial charge in [-0.1, -0.05) is 23.7 Å². The lowest BCUT2D eigenvalue weighted by Gasteiger charge is -2.28. The molecule has 2 aliphatic heterocycles. The van der Waals surface area contributed by atoms with Crippen molar-refractivity contribution in [3.8, 4) is 5.69 Å². The second kappa shape index (κ2) is 10.6. The fourth-order valence-electron chi connectivity index (χ4n) is 4.80. The van der Waals surface area contributed by atoms with Gasteiger partial charge in [0.05, 0.1) is 35.3 Å². The minimum atomic E-state index is -0.365. The highest BCUT2D eigenvalue weighted by molar-refractivity contribution is 8.18. The Bertz CT molecular complexity index is 1480. The van der Waals surface area contributed by atoms with Gasteiger partial charge in [-0.2, -0.15) is 0 Å². The van der Waals surface area contributed by atoms with Crippen LogP contribution in [0.4, 0.5) is 16.2 Å². The summed E-state index contributed by atoms with van der Waals surface area (Å²) < 4.78 is 7.30. The maximum Gasteiger partial charge on any atom is 0.294 e. The van der Waals surface area contributed by atoms with Crippen LogP contribution in [0.15, 0.2) is 53.4 Å². The average Bonchev–Trinajstić information content (AvgIpc) is 3.32. The highest BCUT2D eigenvalue weighted by Crippen LogP contribution is 2.36. The Balaban J connectivity index is 1.44. The fourth-order valence-corrected chi connectivity index (χ4v) is 5.84. The van der Waals surface area contributed by atoms with Crippen LogP contribution in [0.1, 0.15) is 22.5 Å². The molecule has 11 heteroatoms. The van der Waals surface area contributed by atoms with Gasteiger partial charge in [-0.15, -0.1) is 0 Å². The van der Waals surface area contributed by atoms with Gasteiger partial charge in [-0.25, -0.2) is 0 Å². The number of carbonyl (C=O) groups is 2. The van der Waals surface area contributed by atoms with Crippen LogP contribution in [0, 0.1) is 24.0 Å². The number of nitro benzene ring substituents is 1. The van der Waals surface area contributed by atoms with Gasteiger partial charge in [0.15, 0.2) is 0 Å². The third kappa shape index (κ3) is 5.07.